The summed E-state index contributed by atoms with van der Waals surface area (Å²) < 4.78 is 3.25. The Morgan fingerprint density at radius 3 is 2.65 bits per heavy atom. The topological polar surface area (TPSA) is 17.8 Å². The van der Waals surface area contributed by atoms with Crippen LogP contribution in [-0.4, -0.2) is 9.55 Å². The maximum absolute atomic E-state index is 4.06. The fourth-order valence-corrected chi connectivity index (χ4v) is 2.47. The highest BCUT2D eigenvalue weighted by Gasteiger charge is 2.08. The lowest BCUT2D eigenvalue weighted by Gasteiger charge is -1.98. The Hall–Kier alpha value is -1.61. The minimum atomic E-state index is 1.10. The molecule has 0 saturated carbocycles. The van der Waals surface area contributed by atoms with Gasteiger partial charge in [-0.1, -0.05) is 22.0 Å². The molecule has 0 amide bonds. The van der Waals surface area contributed by atoms with Gasteiger partial charge in [0.15, 0.2) is 0 Å². The Balaban J connectivity index is 2.32. The zero-order valence-electron chi connectivity index (χ0n) is 9.39. The van der Waals surface area contributed by atoms with Crippen LogP contribution in [-0.2, 0) is 7.05 Å². The first-order valence-electron chi connectivity index (χ1n) is 5.41. The van der Waals surface area contributed by atoms with E-state index in [1.807, 2.05) is 24.5 Å². The normalized spacial score (nSPS) is 10.9. The van der Waals surface area contributed by atoms with E-state index in [1.165, 1.54) is 22.0 Å². The summed E-state index contributed by atoms with van der Waals surface area (Å²) in [7, 11) is 2.07. The molecule has 0 aliphatic rings. The van der Waals surface area contributed by atoms with E-state index in [9.17, 15) is 0 Å². The van der Waals surface area contributed by atoms with Gasteiger partial charge in [-0.25, -0.2) is 0 Å². The third-order valence-corrected chi connectivity index (χ3v) is 3.44. The van der Waals surface area contributed by atoms with Crippen LogP contribution in [0.15, 0.2) is 53.4 Å². The summed E-state index contributed by atoms with van der Waals surface area (Å²) in [6.45, 7) is 0. The number of aryl methyl sites for hydroxylation is 1. The van der Waals surface area contributed by atoms with Crippen LogP contribution < -0.4 is 0 Å². The number of halogens is 1. The summed E-state index contributed by atoms with van der Waals surface area (Å²) in [6.07, 6.45) is 5.81. The van der Waals surface area contributed by atoms with Crippen molar-refractivity contribution in [3.05, 3.63) is 53.4 Å². The van der Waals surface area contributed by atoms with E-state index < -0.39 is 0 Å². The Morgan fingerprint density at radius 2 is 1.88 bits per heavy atom. The maximum Gasteiger partial charge on any atom is 0.0495 e. The van der Waals surface area contributed by atoms with Gasteiger partial charge in [0.2, 0.25) is 0 Å². The monoisotopic (exact) mass is 286 g/mol. The largest absolute Gasteiger partial charge is 0.350 e. The van der Waals surface area contributed by atoms with E-state index in [1.54, 1.807) is 0 Å². The summed E-state index contributed by atoms with van der Waals surface area (Å²) in [5, 5.41) is 1.27. The molecule has 0 bridgehead atoms. The van der Waals surface area contributed by atoms with Crippen LogP contribution in [0.5, 0.6) is 0 Å². The molecule has 0 fully saturated rings. The number of benzene rings is 1. The number of aromatic nitrogens is 2. The second-order valence-corrected chi connectivity index (χ2v) is 4.97. The summed E-state index contributed by atoms with van der Waals surface area (Å²) in [5.74, 6) is 0. The Bertz CT molecular complexity index is 671. The molecule has 0 aliphatic heterocycles. The van der Waals surface area contributed by atoms with E-state index in [2.05, 4.69) is 56.9 Å². The Morgan fingerprint density at radius 1 is 1.12 bits per heavy atom. The first kappa shape index (κ1) is 10.5. The molecule has 3 rings (SSSR count). The standard InChI is InChI=1S/C14H11BrN2/c1-17-9-13(10-4-6-16-7-5-10)12-3-2-11(15)8-14(12)17/h2-9H,1H3. The molecule has 0 saturated heterocycles. The van der Waals surface area contributed by atoms with Gasteiger partial charge in [0, 0.05) is 46.6 Å². The minimum absolute atomic E-state index is 1.10. The minimum Gasteiger partial charge on any atom is -0.350 e. The summed E-state index contributed by atoms with van der Waals surface area (Å²) in [5.41, 5.74) is 3.68. The van der Waals surface area contributed by atoms with Crippen molar-refractivity contribution in [2.24, 2.45) is 7.05 Å². The third-order valence-electron chi connectivity index (χ3n) is 2.94. The lowest BCUT2D eigenvalue weighted by molar-refractivity contribution is 0.969. The first-order chi connectivity index (χ1) is 8.25. The molecule has 3 aromatic rings. The number of hydrogen-bond donors (Lipinski definition) is 0. The van der Waals surface area contributed by atoms with Gasteiger partial charge in [-0.2, -0.15) is 0 Å². The number of hydrogen-bond acceptors (Lipinski definition) is 1. The van der Waals surface area contributed by atoms with E-state index in [4.69, 9.17) is 0 Å². The van der Waals surface area contributed by atoms with Crippen molar-refractivity contribution in [2.75, 3.05) is 0 Å². The second kappa shape index (κ2) is 4.00. The molecule has 0 aliphatic carbocycles. The van der Waals surface area contributed by atoms with Crippen LogP contribution in [0.4, 0.5) is 0 Å². The van der Waals surface area contributed by atoms with Crippen molar-refractivity contribution in [2.45, 2.75) is 0 Å². The summed E-state index contributed by atoms with van der Waals surface area (Å²) in [6, 6.07) is 10.4. The molecule has 17 heavy (non-hydrogen) atoms. The van der Waals surface area contributed by atoms with Crippen LogP contribution in [0.3, 0.4) is 0 Å². The van der Waals surface area contributed by atoms with Crippen molar-refractivity contribution >= 4 is 26.8 Å². The van der Waals surface area contributed by atoms with Crippen LogP contribution in [0.25, 0.3) is 22.0 Å². The molecular weight excluding hydrogens is 276 g/mol. The lowest BCUT2D eigenvalue weighted by Crippen LogP contribution is -1.82. The number of fused-ring (bicyclic) bond motifs is 1. The van der Waals surface area contributed by atoms with E-state index in [-0.39, 0.29) is 0 Å². The van der Waals surface area contributed by atoms with Crippen molar-refractivity contribution in [3.63, 3.8) is 0 Å². The molecule has 2 nitrogen and oxygen atoms in total. The SMILES string of the molecule is Cn1cc(-c2ccncc2)c2ccc(Br)cc21. The van der Waals surface area contributed by atoms with Gasteiger partial charge in [-0.3, -0.25) is 4.98 Å². The quantitative estimate of drug-likeness (QED) is 0.661. The Kier molecular flexibility index (Phi) is 2.48. The highest BCUT2D eigenvalue weighted by Crippen LogP contribution is 2.31. The van der Waals surface area contributed by atoms with Gasteiger partial charge < -0.3 is 4.57 Å². The second-order valence-electron chi connectivity index (χ2n) is 4.05. The highest BCUT2D eigenvalue weighted by atomic mass is 79.9. The maximum atomic E-state index is 4.06. The smallest absolute Gasteiger partial charge is 0.0495 e. The third kappa shape index (κ3) is 1.76. The number of nitrogens with zero attached hydrogens (tertiary/aromatic N) is 2. The van der Waals surface area contributed by atoms with Crippen LogP contribution in [0.2, 0.25) is 0 Å². The van der Waals surface area contributed by atoms with Crippen molar-refractivity contribution in [3.8, 4) is 11.1 Å². The van der Waals surface area contributed by atoms with Gasteiger partial charge in [-0.15, -0.1) is 0 Å². The molecular formula is C14H11BrN2. The van der Waals surface area contributed by atoms with Crippen LogP contribution >= 0.6 is 15.9 Å². The fourth-order valence-electron chi connectivity index (χ4n) is 2.12. The van der Waals surface area contributed by atoms with Gasteiger partial charge >= 0.3 is 0 Å². The molecule has 0 N–H and O–H groups in total. The number of pyridine rings is 1. The Labute approximate surface area is 108 Å². The van der Waals surface area contributed by atoms with Gasteiger partial charge in [0.05, 0.1) is 0 Å². The molecule has 0 unspecified atom stereocenters. The van der Waals surface area contributed by atoms with E-state index >= 15 is 0 Å². The van der Waals surface area contributed by atoms with E-state index in [0.717, 1.165) is 4.47 Å². The van der Waals surface area contributed by atoms with Gasteiger partial charge in [0.25, 0.3) is 0 Å². The molecule has 0 spiro atoms. The lowest BCUT2D eigenvalue weighted by atomic mass is 10.1. The first-order valence-corrected chi connectivity index (χ1v) is 6.20. The average Bonchev–Trinajstić information content (AvgIpc) is 2.68. The molecule has 3 heteroatoms. The molecule has 2 aromatic heterocycles. The predicted octanol–water partition coefficient (Wildman–Crippen LogP) is 4.00. The highest BCUT2D eigenvalue weighted by molar-refractivity contribution is 9.10. The molecule has 0 radical (unpaired) electrons. The zero-order chi connectivity index (χ0) is 11.8. The average molecular weight is 287 g/mol. The zero-order valence-corrected chi connectivity index (χ0v) is 11.0. The number of rotatable bonds is 1. The van der Waals surface area contributed by atoms with E-state index in [0.29, 0.717) is 0 Å². The van der Waals surface area contributed by atoms with Crippen molar-refractivity contribution < 1.29 is 0 Å². The van der Waals surface area contributed by atoms with Crippen LogP contribution in [0, 0.1) is 0 Å². The molecule has 1 aromatic carbocycles. The molecule has 2 heterocycles. The molecule has 84 valence electrons. The molecule has 0 atom stereocenters. The van der Waals surface area contributed by atoms with Crippen molar-refractivity contribution in [1.82, 2.24) is 9.55 Å². The summed E-state index contributed by atoms with van der Waals surface area (Å²) >= 11 is 3.51. The van der Waals surface area contributed by atoms with Crippen LogP contribution in [0.1, 0.15) is 0 Å². The van der Waals surface area contributed by atoms with Crippen molar-refractivity contribution in [1.29, 1.82) is 0 Å². The summed E-state index contributed by atoms with van der Waals surface area (Å²) in [4.78, 5) is 4.06. The van der Waals surface area contributed by atoms with Gasteiger partial charge in [0.1, 0.15) is 0 Å². The fraction of sp³-hybridized carbons (Fsp3) is 0.0714. The van der Waals surface area contributed by atoms with Gasteiger partial charge in [-0.05, 0) is 29.8 Å². The predicted molar refractivity (Wildman–Crippen MR) is 73.9 cm³/mol.